The maximum atomic E-state index is 13.3. The second kappa shape index (κ2) is 8.92. The van der Waals surface area contributed by atoms with Crippen molar-refractivity contribution in [3.8, 4) is 0 Å². The second-order valence-electron chi connectivity index (χ2n) is 8.38. The molecule has 34 heavy (non-hydrogen) atoms. The highest BCUT2D eigenvalue weighted by Gasteiger charge is 2.71. The monoisotopic (exact) mass is 507 g/mol. The van der Waals surface area contributed by atoms with Crippen LogP contribution in [-0.2, 0) is 32.8 Å². The van der Waals surface area contributed by atoms with Crippen LogP contribution in [-0.4, -0.2) is 46.2 Å². The Balaban J connectivity index is 1.95. The molecule has 0 aromatic heterocycles. The van der Waals surface area contributed by atoms with E-state index >= 15 is 0 Å². The van der Waals surface area contributed by atoms with E-state index in [4.69, 9.17) is 0 Å². The number of anilines is 1. The summed E-state index contributed by atoms with van der Waals surface area (Å²) in [6, 6.07) is 8.70. The maximum absolute atomic E-state index is 13.3. The molecule has 186 valence electrons. The lowest BCUT2D eigenvalue weighted by molar-refractivity contribution is -0.376. The van der Waals surface area contributed by atoms with E-state index in [2.05, 4.69) is 5.87 Å². The predicted molar refractivity (Wildman–Crippen MR) is 117 cm³/mol. The van der Waals surface area contributed by atoms with Crippen LogP contribution in [0, 0.1) is 0 Å². The van der Waals surface area contributed by atoms with Crippen molar-refractivity contribution in [1.82, 2.24) is 0 Å². The number of aryl methyl sites for hydroxylation is 1. The van der Waals surface area contributed by atoms with Gasteiger partial charge in [0.05, 0.1) is 6.42 Å². The zero-order chi connectivity index (χ0) is 25.5. The van der Waals surface area contributed by atoms with Crippen molar-refractivity contribution >= 4 is 27.0 Å². The average molecular weight is 507 g/mol. The average Bonchev–Trinajstić information content (AvgIpc) is 2.93. The quantitative estimate of drug-likeness (QED) is 0.486. The van der Waals surface area contributed by atoms with E-state index in [-0.39, 0.29) is 30.6 Å². The number of carbonyl (C=O) groups is 1. The van der Waals surface area contributed by atoms with Crippen LogP contribution in [0.4, 0.5) is 32.0 Å². The lowest BCUT2D eigenvalue weighted by Gasteiger charge is -2.33. The van der Waals surface area contributed by atoms with Gasteiger partial charge in [0.25, 0.3) is 5.60 Å². The number of rotatable bonds is 4. The topological polar surface area (TPSA) is 57.6 Å². The third-order valence-corrected chi connectivity index (χ3v) is 7.03. The molecule has 2 aromatic carbocycles. The van der Waals surface area contributed by atoms with Crippen LogP contribution < -0.4 is 4.90 Å². The molecule has 1 aliphatic rings. The van der Waals surface area contributed by atoms with Gasteiger partial charge < -0.3 is 10.0 Å². The van der Waals surface area contributed by atoms with Gasteiger partial charge in [-0.1, -0.05) is 24.3 Å². The predicted octanol–water partition coefficient (Wildman–Crippen LogP) is 4.62. The number of alkyl halides is 6. The molecule has 2 aromatic rings. The highest BCUT2D eigenvalue weighted by molar-refractivity contribution is 7.99. The summed E-state index contributed by atoms with van der Waals surface area (Å²) in [5, 5.41) is 9.72. The van der Waals surface area contributed by atoms with Crippen LogP contribution in [0.3, 0.4) is 0 Å². The van der Waals surface area contributed by atoms with Crippen LogP contribution in [0.5, 0.6) is 0 Å². The molecule has 11 heteroatoms. The van der Waals surface area contributed by atoms with E-state index < -0.39 is 38.9 Å². The first-order chi connectivity index (χ1) is 15.6. The zero-order valence-corrected chi connectivity index (χ0v) is 19.0. The van der Waals surface area contributed by atoms with E-state index in [1.165, 1.54) is 11.2 Å². The molecule has 1 N–H and O–H groups in total. The van der Waals surface area contributed by atoms with Gasteiger partial charge in [-0.25, -0.2) is 0 Å². The molecule has 3 rings (SSSR count). The van der Waals surface area contributed by atoms with Crippen molar-refractivity contribution in [3.05, 3.63) is 59.2 Å². The SMILES string of the molecule is C=S(C)(=O)c1ccc(CC(=O)N2CCCCc3cc(C(O)(C(F)(F)F)C(F)(F)F)ccc32)cc1. The van der Waals surface area contributed by atoms with Gasteiger partial charge in [0.15, 0.2) is 0 Å². The summed E-state index contributed by atoms with van der Waals surface area (Å²) in [6.45, 7) is 0.244. The number of fused-ring (bicyclic) bond motifs is 1. The summed E-state index contributed by atoms with van der Waals surface area (Å²) in [4.78, 5) is 14.9. The molecule has 0 fully saturated rings. The van der Waals surface area contributed by atoms with Crippen molar-refractivity contribution in [1.29, 1.82) is 0 Å². The number of halogens is 6. The molecule has 0 saturated carbocycles. The van der Waals surface area contributed by atoms with Gasteiger partial charge in [-0.15, -0.1) is 0 Å². The highest BCUT2D eigenvalue weighted by atomic mass is 32.2. The number of hydrogen-bond acceptors (Lipinski definition) is 3. The van der Waals surface area contributed by atoms with Gasteiger partial charge in [-0.2, -0.15) is 26.3 Å². The van der Waals surface area contributed by atoms with Crippen LogP contribution in [0.15, 0.2) is 47.4 Å². The summed E-state index contributed by atoms with van der Waals surface area (Å²) in [5.41, 5.74) is -5.43. The van der Waals surface area contributed by atoms with Gasteiger partial charge in [0.1, 0.15) is 0 Å². The fourth-order valence-corrected chi connectivity index (χ4v) is 4.60. The Hall–Kier alpha value is -2.53. The van der Waals surface area contributed by atoms with Crippen molar-refractivity contribution in [2.45, 2.75) is 48.5 Å². The summed E-state index contributed by atoms with van der Waals surface area (Å²) >= 11 is 0. The van der Waals surface area contributed by atoms with Crippen molar-refractivity contribution in [2.24, 2.45) is 0 Å². The van der Waals surface area contributed by atoms with Gasteiger partial charge in [-0.3, -0.25) is 9.00 Å². The molecule has 0 aliphatic carbocycles. The Morgan fingerprint density at radius 2 is 1.62 bits per heavy atom. The first-order valence-corrected chi connectivity index (χ1v) is 12.4. The Kier molecular flexibility index (Phi) is 6.84. The third kappa shape index (κ3) is 4.95. The number of hydrogen-bond donors (Lipinski definition) is 1. The van der Waals surface area contributed by atoms with Crippen LogP contribution in [0.2, 0.25) is 0 Å². The molecule has 1 heterocycles. The van der Waals surface area contributed by atoms with Crippen molar-refractivity contribution in [2.75, 3.05) is 17.7 Å². The Bertz CT molecular complexity index is 1160. The minimum absolute atomic E-state index is 0.0709. The summed E-state index contributed by atoms with van der Waals surface area (Å²) in [5.74, 6) is 3.20. The highest BCUT2D eigenvalue weighted by Crippen LogP contribution is 2.50. The Morgan fingerprint density at radius 3 is 2.15 bits per heavy atom. The minimum Gasteiger partial charge on any atom is -0.369 e. The van der Waals surface area contributed by atoms with E-state index in [1.54, 1.807) is 24.3 Å². The smallest absolute Gasteiger partial charge is 0.369 e. The number of amides is 1. The molecule has 0 saturated heterocycles. The lowest BCUT2D eigenvalue weighted by Crippen LogP contribution is -2.54. The molecular weight excluding hydrogens is 484 g/mol. The van der Waals surface area contributed by atoms with Gasteiger partial charge in [0.2, 0.25) is 5.91 Å². The third-order valence-electron chi connectivity index (χ3n) is 5.76. The number of aliphatic hydroxyl groups is 1. The Morgan fingerprint density at radius 1 is 1.03 bits per heavy atom. The molecule has 4 nitrogen and oxygen atoms in total. The second-order valence-corrected chi connectivity index (χ2v) is 10.9. The molecule has 1 amide bonds. The molecule has 1 unspecified atom stereocenters. The van der Waals surface area contributed by atoms with Crippen LogP contribution in [0.25, 0.3) is 0 Å². The Labute approximate surface area is 193 Å². The minimum atomic E-state index is -5.98. The summed E-state index contributed by atoms with van der Waals surface area (Å²) < 4.78 is 91.8. The molecule has 1 aliphatic heterocycles. The molecule has 0 spiro atoms. The van der Waals surface area contributed by atoms with E-state index in [0.29, 0.717) is 35.4 Å². The summed E-state index contributed by atoms with van der Waals surface area (Å²) in [6.07, 6.45) is -9.46. The largest absolute Gasteiger partial charge is 0.430 e. The van der Waals surface area contributed by atoms with E-state index in [0.717, 1.165) is 6.07 Å². The van der Waals surface area contributed by atoms with E-state index in [1.807, 2.05) is 0 Å². The lowest BCUT2D eigenvalue weighted by atomic mass is 9.89. The van der Waals surface area contributed by atoms with Crippen molar-refractivity contribution < 1.29 is 40.5 Å². The zero-order valence-electron chi connectivity index (χ0n) is 18.2. The molecular formula is C23H23F6NO3S. The molecule has 1 atom stereocenters. The maximum Gasteiger partial charge on any atom is 0.430 e. The normalized spacial score (nSPS) is 17.0. The number of benzene rings is 2. The van der Waals surface area contributed by atoms with Gasteiger partial charge >= 0.3 is 12.4 Å². The van der Waals surface area contributed by atoms with Crippen LogP contribution >= 0.6 is 0 Å². The van der Waals surface area contributed by atoms with E-state index in [9.17, 15) is 40.5 Å². The summed E-state index contributed by atoms with van der Waals surface area (Å²) in [7, 11) is -2.43. The van der Waals surface area contributed by atoms with Gasteiger partial charge in [0, 0.05) is 28.9 Å². The number of nitrogens with zero attached hydrogens (tertiary/aromatic N) is 1. The molecule has 0 bridgehead atoms. The fourth-order valence-electron chi connectivity index (χ4n) is 3.89. The first kappa shape index (κ1) is 26.1. The van der Waals surface area contributed by atoms with Gasteiger partial charge in [-0.05, 0) is 64.0 Å². The standard InChI is InChI=1S/C23H23F6NO3S/c1-34(2,33)18-9-6-15(7-10-18)13-20(31)30-12-4-3-5-16-14-17(8-11-19(16)30)21(32,22(24,25)26)23(27,28)29/h6-11,14,32H,1,3-5,12-13H2,2H3. The fraction of sp³-hybridized carbons (Fsp3) is 0.391. The number of carbonyl (C=O) groups excluding carboxylic acids is 1. The van der Waals surface area contributed by atoms with Crippen LogP contribution in [0.1, 0.15) is 29.5 Å². The first-order valence-electron chi connectivity index (χ1n) is 10.3. The molecule has 0 radical (unpaired) electrons. The van der Waals surface area contributed by atoms with Crippen molar-refractivity contribution in [3.63, 3.8) is 0 Å².